The zero-order chi connectivity index (χ0) is 7.28. The number of rotatable bonds is 4. The Labute approximate surface area is 55.7 Å². The normalized spacial score (nSPS) is 14.3. The summed E-state index contributed by atoms with van der Waals surface area (Å²) in [4.78, 5) is 0. The quantitative estimate of drug-likeness (QED) is 0.555. The molecule has 0 bridgehead atoms. The van der Waals surface area contributed by atoms with Gasteiger partial charge in [-0.15, -0.1) is 0 Å². The Balaban J connectivity index is 3.06. The second-order valence-corrected chi connectivity index (χ2v) is 2.38. The fraction of sp³-hybridized carbons (Fsp3) is 1.00. The van der Waals surface area contributed by atoms with Crippen molar-refractivity contribution < 1.29 is 10.2 Å². The van der Waals surface area contributed by atoms with Crippen molar-refractivity contribution in [3.05, 3.63) is 0 Å². The first-order valence-electron chi connectivity index (χ1n) is 3.16. The molecule has 0 aromatic rings. The molecule has 9 heavy (non-hydrogen) atoms. The minimum absolute atomic E-state index is 0.339. The third-order valence-electron chi connectivity index (χ3n) is 0.954. The molecule has 0 amide bonds. The molecule has 1 radical (unpaired) electrons. The third-order valence-corrected chi connectivity index (χ3v) is 0.954. The highest BCUT2D eigenvalue weighted by atomic mass is 16.3. The Morgan fingerprint density at radius 3 is 2.44 bits per heavy atom. The Hall–Kier alpha value is -0.120. The van der Waals surface area contributed by atoms with E-state index >= 15 is 0 Å². The van der Waals surface area contributed by atoms with Gasteiger partial charge >= 0.3 is 0 Å². The van der Waals surface area contributed by atoms with Gasteiger partial charge in [-0.1, -0.05) is 13.8 Å². The van der Waals surface area contributed by atoms with Gasteiger partial charge in [0.25, 0.3) is 0 Å². The third kappa shape index (κ3) is 5.76. The number of hydrogen-bond acceptors (Lipinski definition) is 2. The number of nitrogens with one attached hydrogen (secondary N) is 1. The van der Waals surface area contributed by atoms with Crippen molar-refractivity contribution in [2.45, 2.75) is 26.0 Å². The van der Waals surface area contributed by atoms with E-state index in [1.54, 1.807) is 0 Å². The van der Waals surface area contributed by atoms with Crippen molar-refractivity contribution in [3.8, 4) is 0 Å². The van der Waals surface area contributed by atoms with Crippen molar-refractivity contribution in [1.82, 2.24) is 5.32 Å². The van der Waals surface area contributed by atoms with E-state index in [2.05, 4.69) is 5.32 Å². The molecule has 1 unspecified atom stereocenters. The second kappa shape index (κ2) is 4.73. The standard InChI is InChI=1S/C6H14NO2/c1-5(2)7-3-6(9)4-8/h5-7,9H,3-4H2,1-2H3. The van der Waals surface area contributed by atoms with Gasteiger partial charge in [0.2, 0.25) is 0 Å². The lowest BCUT2D eigenvalue weighted by molar-refractivity contribution is 0.0544. The largest absolute Gasteiger partial charge is 0.389 e. The molecule has 1 atom stereocenters. The van der Waals surface area contributed by atoms with E-state index in [1.807, 2.05) is 13.8 Å². The Morgan fingerprint density at radius 1 is 1.56 bits per heavy atom. The van der Waals surface area contributed by atoms with Crippen LogP contribution in [-0.2, 0) is 5.11 Å². The van der Waals surface area contributed by atoms with Crippen LogP contribution in [0.4, 0.5) is 0 Å². The molecule has 0 fully saturated rings. The first kappa shape index (κ1) is 8.88. The molecule has 55 valence electrons. The van der Waals surface area contributed by atoms with Gasteiger partial charge in [-0.2, -0.15) is 0 Å². The van der Waals surface area contributed by atoms with Crippen LogP contribution in [0.1, 0.15) is 13.8 Å². The molecule has 0 saturated carbocycles. The predicted octanol–water partition coefficient (Wildman–Crippen LogP) is -0.224. The Bertz CT molecular complexity index is 66.1. The summed E-state index contributed by atoms with van der Waals surface area (Å²) in [5, 5.41) is 21.6. The van der Waals surface area contributed by atoms with Crippen molar-refractivity contribution in [2.75, 3.05) is 13.2 Å². The Morgan fingerprint density at radius 2 is 2.11 bits per heavy atom. The molecule has 0 aromatic heterocycles. The van der Waals surface area contributed by atoms with E-state index in [1.165, 1.54) is 0 Å². The van der Waals surface area contributed by atoms with E-state index in [0.29, 0.717) is 12.6 Å². The van der Waals surface area contributed by atoms with Gasteiger partial charge in [-0.25, -0.2) is 5.11 Å². The van der Waals surface area contributed by atoms with Crippen LogP contribution in [0.15, 0.2) is 0 Å². The maximum Gasteiger partial charge on any atom is 0.109 e. The van der Waals surface area contributed by atoms with Gasteiger partial charge in [-0.05, 0) is 0 Å². The average molecular weight is 132 g/mol. The summed E-state index contributed by atoms with van der Waals surface area (Å²) >= 11 is 0. The highest BCUT2D eigenvalue weighted by molar-refractivity contribution is 4.59. The van der Waals surface area contributed by atoms with Crippen molar-refractivity contribution in [2.24, 2.45) is 0 Å². The van der Waals surface area contributed by atoms with Gasteiger partial charge in [0.05, 0.1) is 6.10 Å². The summed E-state index contributed by atoms with van der Waals surface area (Å²) in [5.74, 6) is 0. The molecule has 0 aliphatic rings. The minimum atomic E-state index is -0.729. The maximum atomic E-state index is 9.95. The lowest BCUT2D eigenvalue weighted by atomic mass is 10.3. The first-order valence-corrected chi connectivity index (χ1v) is 3.16. The van der Waals surface area contributed by atoms with E-state index in [4.69, 9.17) is 5.11 Å². The smallest absolute Gasteiger partial charge is 0.109 e. The lowest BCUT2D eigenvalue weighted by Gasteiger charge is -2.09. The summed E-state index contributed by atoms with van der Waals surface area (Å²) in [6, 6.07) is 0.339. The molecular weight excluding hydrogens is 118 g/mol. The van der Waals surface area contributed by atoms with Crippen LogP contribution in [0.2, 0.25) is 0 Å². The minimum Gasteiger partial charge on any atom is -0.389 e. The first-order chi connectivity index (χ1) is 4.16. The van der Waals surface area contributed by atoms with E-state index in [9.17, 15) is 5.11 Å². The van der Waals surface area contributed by atoms with E-state index in [-0.39, 0.29) is 0 Å². The predicted molar refractivity (Wildman–Crippen MR) is 34.7 cm³/mol. The summed E-state index contributed by atoms with van der Waals surface area (Å²) in [7, 11) is 0. The van der Waals surface area contributed by atoms with Gasteiger partial charge < -0.3 is 10.4 Å². The van der Waals surface area contributed by atoms with Crippen LogP contribution >= 0.6 is 0 Å². The summed E-state index contributed by atoms with van der Waals surface area (Å²) in [5.41, 5.74) is 0. The highest BCUT2D eigenvalue weighted by Gasteiger charge is 2.01. The van der Waals surface area contributed by atoms with Crippen molar-refractivity contribution in [3.63, 3.8) is 0 Å². The van der Waals surface area contributed by atoms with Crippen LogP contribution in [-0.4, -0.2) is 30.4 Å². The molecule has 0 spiro atoms. The number of aliphatic hydroxyl groups excluding tert-OH is 1. The molecule has 2 N–H and O–H groups in total. The number of aliphatic hydroxyl groups is 1. The molecule has 0 saturated heterocycles. The SMILES string of the molecule is CC(C)NCC(O)C[O]. The highest BCUT2D eigenvalue weighted by Crippen LogP contribution is 1.80. The van der Waals surface area contributed by atoms with Crippen LogP contribution in [0.3, 0.4) is 0 Å². The van der Waals surface area contributed by atoms with Gasteiger partial charge in [0, 0.05) is 12.6 Å². The van der Waals surface area contributed by atoms with Crippen LogP contribution < -0.4 is 5.32 Å². The zero-order valence-electron chi connectivity index (χ0n) is 5.92. The van der Waals surface area contributed by atoms with Crippen molar-refractivity contribution in [1.29, 1.82) is 0 Å². The summed E-state index contributed by atoms with van der Waals surface area (Å²) < 4.78 is 0. The van der Waals surface area contributed by atoms with Gasteiger partial charge in [-0.3, -0.25) is 0 Å². The lowest BCUT2D eigenvalue weighted by Crippen LogP contribution is -2.33. The van der Waals surface area contributed by atoms with Crippen LogP contribution in [0, 0.1) is 0 Å². The topological polar surface area (TPSA) is 52.2 Å². The summed E-state index contributed by atoms with van der Waals surface area (Å²) in [6.45, 7) is 3.93. The van der Waals surface area contributed by atoms with Crippen LogP contribution in [0.25, 0.3) is 0 Å². The fourth-order valence-corrected chi connectivity index (χ4v) is 0.431. The average Bonchev–Trinajstić information content (AvgIpc) is 1.83. The van der Waals surface area contributed by atoms with E-state index in [0.717, 1.165) is 0 Å². The monoisotopic (exact) mass is 132 g/mol. The van der Waals surface area contributed by atoms with Gasteiger partial charge in [0.1, 0.15) is 6.61 Å². The summed E-state index contributed by atoms with van der Waals surface area (Å²) in [6.07, 6.45) is -0.729. The molecule has 3 heteroatoms. The van der Waals surface area contributed by atoms with Crippen molar-refractivity contribution >= 4 is 0 Å². The molecule has 0 aromatic carbocycles. The molecule has 0 rings (SSSR count). The van der Waals surface area contributed by atoms with Crippen LogP contribution in [0.5, 0.6) is 0 Å². The Kier molecular flexibility index (Phi) is 4.67. The fourth-order valence-electron chi connectivity index (χ4n) is 0.431. The second-order valence-electron chi connectivity index (χ2n) is 2.38. The molecular formula is C6H14NO2. The molecule has 3 nitrogen and oxygen atoms in total. The molecule has 0 aliphatic heterocycles. The maximum absolute atomic E-state index is 9.95. The van der Waals surface area contributed by atoms with E-state index < -0.39 is 12.7 Å². The molecule has 0 heterocycles. The zero-order valence-corrected chi connectivity index (χ0v) is 5.92. The number of hydrogen-bond donors (Lipinski definition) is 2. The molecule has 0 aliphatic carbocycles. The van der Waals surface area contributed by atoms with Gasteiger partial charge in [0.15, 0.2) is 0 Å².